The molecule has 0 aromatic heterocycles. The number of esters is 4. The number of rotatable bonds is 10. The Bertz CT molecular complexity index is 812. The predicted octanol–water partition coefficient (Wildman–Crippen LogP) is 2.38. The van der Waals surface area contributed by atoms with Crippen LogP contribution in [0.3, 0.4) is 0 Å². The molecule has 2 aliphatic rings. The maximum absolute atomic E-state index is 12.0. The van der Waals surface area contributed by atoms with Gasteiger partial charge in [0, 0.05) is 17.6 Å². The van der Waals surface area contributed by atoms with Gasteiger partial charge in [-0.05, 0) is 31.6 Å². The third-order valence-electron chi connectivity index (χ3n) is 4.69. The lowest BCUT2D eigenvalue weighted by molar-refractivity contribution is -0.152. The largest absolute Gasteiger partial charge is 0.481 e. The third-order valence-corrected chi connectivity index (χ3v) is 4.69. The number of carboxylic acids is 1. The Balaban J connectivity index is 2.26. The number of aliphatic carboxylic acids is 1. The molecule has 0 saturated heterocycles. The van der Waals surface area contributed by atoms with Crippen LogP contribution >= 0.6 is 0 Å². The molecule has 8 nitrogen and oxygen atoms in total. The summed E-state index contributed by atoms with van der Waals surface area (Å²) >= 11 is 0. The Morgan fingerprint density at radius 2 is 1.50 bits per heavy atom. The lowest BCUT2D eigenvalue weighted by Crippen LogP contribution is -2.11. The van der Waals surface area contributed by atoms with Crippen molar-refractivity contribution in [1.82, 2.24) is 0 Å². The van der Waals surface area contributed by atoms with Gasteiger partial charge in [0.2, 0.25) is 0 Å². The molecule has 0 saturated carbocycles. The summed E-state index contributed by atoms with van der Waals surface area (Å²) in [6, 6.07) is 0. The molecule has 2 heterocycles. The maximum Gasteiger partial charge on any atom is 0.346 e. The average molecular weight is 390 g/mol. The molecule has 1 N–H and O–H groups in total. The Hall–Kier alpha value is -3.03. The van der Waals surface area contributed by atoms with E-state index in [1.54, 1.807) is 12.2 Å². The summed E-state index contributed by atoms with van der Waals surface area (Å²) in [6.07, 6.45) is 4.49. The molecule has 0 aromatic rings. The van der Waals surface area contributed by atoms with Crippen molar-refractivity contribution in [2.24, 2.45) is 5.92 Å². The molecule has 8 heteroatoms. The van der Waals surface area contributed by atoms with Gasteiger partial charge in [-0.15, -0.1) is 0 Å². The highest BCUT2D eigenvalue weighted by molar-refractivity contribution is 6.14. The summed E-state index contributed by atoms with van der Waals surface area (Å²) in [6.45, 7) is 3.75. The number of carboxylic acid groups (broad SMARTS) is 1. The molecule has 0 bridgehead atoms. The summed E-state index contributed by atoms with van der Waals surface area (Å²) in [7, 11) is 0. The van der Waals surface area contributed by atoms with Crippen LogP contribution in [0.5, 0.6) is 0 Å². The highest BCUT2D eigenvalue weighted by Crippen LogP contribution is 2.33. The van der Waals surface area contributed by atoms with E-state index in [4.69, 9.17) is 9.84 Å². The van der Waals surface area contributed by atoms with Gasteiger partial charge in [0.15, 0.2) is 0 Å². The van der Waals surface area contributed by atoms with Gasteiger partial charge in [-0.3, -0.25) is 4.79 Å². The molecule has 1 atom stereocenters. The molecule has 0 amide bonds. The van der Waals surface area contributed by atoms with Crippen LogP contribution in [-0.2, 0) is 33.4 Å². The van der Waals surface area contributed by atoms with Crippen molar-refractivity contribution in [3.05, 3.63) is 34.4 Å². The second-order valence-corrected chi connectivity index (χ2v) is 6.59. The van der Waals surface area contributed by atoms with Crippen molar-refractivity contribution in [3.63, 3.8) is 0 Å². The molecule has 2 rings (SSSR count). The Kier molecular flexibility index (Phi) is 7.03. The van der Waals surface area contributed by atoms with Crippen LogP contribution in [0.25, 0.3) is 0 Å². The van der Waals surface area contributed by atoms with Gasteiger partial charge < -0.3 is 14.6 Å². The lowest BCUT2D eigenvalue weighted by Gasteiger charge is -2.15. The van der Waals surface area contributed by atoms with Crippen molar-refractivity contribution in [3.8, 4) is 0 Å². The smallest absolute Gasteiger partial charge is 0.346 e. The minimum atomic E-state index is -1.09. The first-order chi connectivity index (χ1) is 13.3. The van der Waals surface area contributed by atoms with Gasteiger partial charge in [-0.2, -0.15) is 0 Å². The second kappa shape index (κ2) is 9.25. The lowest BCUT2D eigenvalue weighted by atomic mass is 9.87. The fourth-order valence-electron chi connectivity index (χ4n) is 3.11. The van der Waals surface area contributed by atoms with E-state index in [0.717, 1.165) is 0 Å². The van der Waals surface area contributed by atoms with Crippen LogP contribution < -0.4 is 0 Å². The Morgan fingerprint density at radius 3 is 2.11 bits per heavy atom. The monoisotopic (exact) mass is 390 g/mol. The van der Waals surface area contributed by atoms with Crippen molar-refractivity contribution >= 4 is 29.8 Å². The van der Waals surface area contributed by atoms with E-state index in [0.29, 0.717) is 12.8 Å². The van der Waals surface area contributed by atoms with Gasteiger partial charge in [-0.25, -0.2) is 19.2 Å². The zero-order valence-corrected chi connectivity index (χ0v) is 15.8. The normalized spacial score (nSPS) is 18.4. The van der Waals surface area contributed by atoms with Crippen LogP contribution in [0.1, 0.15) is 52.4 Å². The maximum atomic E-state index is 12.0. The number of ether oxygens (including phenoxy) is 2. The van der Waals surface area contributed by atoms with Crippen molar-refractivity contribution in [1.29, 1.82) is 0 Å². The van der Waals surface area contributed by atoms with Crippen LogP contribution in [0, 0.1) is 5.92 Å². The fourth-order valence-corrected chi connectivity index (χ4v) is 3.11. The highest BCUT2D eigenvalue weighted by Gasteiger charge is 2.36. The van der Waals surface area contributed by atoms with Crippen LogP contribution in [-0.4, -0.2) is 35.0 Å². The number of cyclic esters (lactones) is 4. The first kappa shape index (κ1) is 21.3. The molecule has 1 unspecified atom stereocenters. The molecule has 28 heavy (non-hydrogen) atoms. The van der Waals surface area contributed by atoms with Crippen LogP contribution in [0.2, 0.25) is 0 Å². The zero-order chi connectivity index (χ0) is 20.8. The van der Waals surface area contributed by atoms with Crippen LogP contribution in [0.4, 0.5) is 0 Å². The van der Waals surface area contributed by atoms with E-state index in [-0.39, 0.29) is 53.9 Å². The molecule has 150 valence electrons. The standard InChI is InChI=1S/C20H22O8/c1-3-5-6-12-14(19(25)27-17(12)23)9-11(4-2)10-15-13(7-8-16(21)22)18(24)28-20(15)26/h5-6,11H,3-4,7-10H2,1-2H3,(H,21,22)/b6-5+. The molecular formula is C20H22O8. The van der Waals surface area contributed by atoms with E-state index in [9.17, 15) is 24.0 Å². The van der Waals surface area contributed by atoms with E-state index in [1.165, 1.54) is 0 Å². The van der Waals surface area contributed by atoms with Crippen molar-refractivity contribution in [2.75, 3.05) is 0 Å². The average Bonchev–Trinajstić information content (AvgIpc) is 3.05. The van der Waals surface area contributed by atoms with Crippen molar-refractivity contribution < 1.29 is 38.6 Å². The number of hydrogen-bond acceptors (Lipinski definition) is 7. The summed E-state index contributed by atoms with van der Waals surface area (Å²) in [5, 5.41) is 8.83. The topological polar surface area (TPSA) is 124 Å². The van der Waals surface area contributed by atoms with E-state index in [2.05, 4.69) is 4.74 Å². The molecule has 0 fully saturated rings. The van der Waals surface area contributed by atoms with Gasteiger partial charge in [0.05, 0.1) is 11.1 Å². The predicted molar refractivity (Wildman–Crippen MR) is 95.6 cm³/mol. The summed E-state index contributed by atoms with van der Waals surface area (Å²) in [4.78, 5) is 58.6. The minimum Gasteiger partial charge on any atom is -0.481 e. The molecule has 0 aromatic carbocycles. The first-order valence-electron chi connectivity index (χ1n) is 9.14. The zero-order valence-electron chi connectivity index (χ0n) is 15.8. The number of allylic oxidation sites excluding steroid dienone is 1. The number of carbonyl (C=O) groups is 5. The molecule has 0 radical (unpaired) electrons. The van der Waals surface area contributed by atoms with Crippen LogP contribution in [0.15, 0.2) is 34.4 Å². The quantitative estimate of drug-likeness (QED) is 0.445. The van der Waals surface area contributed by atoms with Gasteiger partial charge >= 0.3 is 29.8 Å². The number of carbonyl (C=O) groups excluding carboxylic acids is 4. The first-order valence-corrected chi connectivity index (χ1v) is 9.14. The van der Waals surface area contributed by atoms with Gasteiger partial charge in [-0.1, -0.05) is 32.4 Å². The van der Waals surface area contributed by atoms with Gasteiger partial charge in [0.1, 0.15) is 0 Å². The SMILES string of the molecule is CC/C=C/C1=C(CC(CC)CC2=C(CCC(=O)O)C(=O)OC2=O)C(=O)OC1=O. The summed E-state index contributed by atoms with van der Waals surface area (Å²) < 4.78 is 9.33. The third kappa shape index (κ3) is 4.82. The molecular weight excluding hydrogens is 368 g/mol. The summed E-state index contributed by atoms with van der Waals surface area (Å²) in [5.41, 5.74) is 0.653. The van der Waals surface area contributed by atoms with E-state index >= 15 is 0 Å². The van der Waals surface area contributed by atoms with E-state index < -0.39 is 29.8 Å². The second-order valence-electron chi connectivity index (χ2n) is 6.59. The minimum absolute atomic E-state index is 0.0657. The van der Waals surface area contributed by atoms with Gasteiger partial charge in [0.25, 0.3) is 0 Å². The fraction of sp³-hybridized carbons (Fsp3) is 0.450. The Morgan fingerprint density at radius 1 is 0.929 bits per heavy atom. The number of hydrogen-bond donors (Lipinski definition) is 1. The van der Waals surface area contributed by atoms with E-state index in [1.807, 2.05) is 13.8 Å². The molecule has 0 aliphatic carbocycles. The highest BCUT2D eigenvalue weighted by atomic mass is 16.6. The summed E-state index contributed by atoms with van der Waals surface area (Å²) in [5.74, 6) is -4.32. The Labute approximate surface area is 161 Å². The van der Waals surface area contributed by atoms with Crippen molar-refractivity contribution in [2.45, 2.75) is 52.4 Å². The molecule has 2 aliphatic heterocycles. The molecule has 0 spiro atoms.